The molecule has 0 radical (unpaired) electrons. The third-order valence-corrected chi connectivity index (χ3v) is 4.04. The third-order valence-electron chi connectivity index (χ3n) is 4.04. The van der Waals surface area contributed by atoms with Crippen molar-refractivity contribution in [1.29, 1.82) is 0 Å². The van der Waals surface area contributed by atoms with Crippen molar-refractivity contribution >= 4 is 5.91 Å². The van der Waals surface area contributed by atoms with Gasteiger partial charge in [-0.3, -0.25) is 4.79 Å². The molecular formula is C16H24N2O2. The van der Waals surface area contributed by atoms with Crippen molar-refractivity contribution in [2.45, 2.75) is 19.4 Å². The van der Waals surface area contributed by atoms with Crippen molar-refractivity contribution in [1.82, 2.24) is 10.2 Å². The Balaban J connectivity index is 1.97. The highest BCUT2D eigenvalue weighted by atomic mass is 16.5. The fraction of sp³-hybridized carbons (Fsp3) is 0.562. The molecule has 1 aromatic rings. The van der Waals surface area contributed by atoms with Crippen LogP contribution in [0.4, 0.5) is 0 Å². The second-order valence-corrected chi connectivity index (χ2v) is 5.82. The van der Waals surface area contributed by atoms with E-state index in [2.05, 4.69) is 29.3 Å². The Labute approximate surface area is 121 Å². The van der Waals surface area contributed by atoms with Crippen LogP contribution in [0.5, 0.6) is 5.75 Å². The maximum absolute atomic E-state index is 11.9. The molecule has 0 spiro atoms. The molecule has 0 aromatic heterocycles. The Morgan fingerprint density at radius 1 is 1.40 bits per heavy atom. The molecule has 1 N–H and O–H groups in total. The molecule has 2 rings (SSSR count). The lowest BCUT2D eigenvalue weighted by molar-refractivity contribution is -0.122. The number of hydrogen-bond acceptors (Lipinski definition) is 3. The number of nitrogens with zero attached hydrogens (tertiary/aromatic N) is 1. The number of likely N-dealkylation sites (N-methyl/N-ethyl adjacent to an activating group) is 1. The molecule has 1 amide bonds. The monoisotopic (exact) mass is 276 g/mol. The van der Waals surface area contributed by atoms with Gasteiger partial charge in [-0.25, -0.2) is 0 Å². The van der Waals surface area contributed by atoms with E-state index in [0.29, 0.717) is 12.5 Å². The molecular weight excluding hydrogens is 252 g/mol. The lowest BCUT2D eigenvalue weighted by Crippen LogP contribution is -2.35. The average molecular weight is 276 g/mol. The topological polar surface area (TPSA) is 41.6 Å². The molecule has 4 heteroatoms. The van der Waals surface area contributed by atoms with Gasteiger partial charge in [0, 0.05) is 12.5 Å². The molecule has 1 aliphatic carbocycles. The molecule has 20 heavy (non-hydrogen) atoms. The van der Waals surface area contributed by atoms with Gasteiger partial charge in [-0.15, -0.1) is 0 Å². The number of amides is 1. The van der Waals surface area contributed by atoms with Crippen molar-refractivity contribution in [3.8, 4) is 5.75 Å². The minimum Gasteiger partial charge on any atom is -0.497 e. The second-order valence-electron chi connectivity index (χ2n) is 5.82. The van der Waals surface area contributed by atoms with Crippen LogP contribution in [0.15, 0.2) is 24.3 Å². The summed E-state index contributed by atoms with van der Waals surface area (Å²) in [6, 6.07) is 8.19. The molecule has 0 saturated heterocycles. The van der Waals surface area contributed by atoms with Crippen LogP contribution in [-0.4, -0.2) is 38.6 Å². The molecule has 1 fully saturated rings. The second kappa shape index (κ2) is 6.27. The van der Waals surface area contributed by atoms with E-state index in [9.17, 15) is 4.79 Å². The van der Waals surface area contributed by atoms with E-state index in [4.69, 9.17) is 4.74 Å². The van der Waals surface area contributed by atoms with Crippen LogP contribution in [0.3, 0.4) is 0 Å². The molecule has 1 aliphatic rings. The maximum Gasteiger partial charge on any atom is 0.223 e. The number of carbonyl (C=O) groups is 1. The van der Waals surface area contributed by atoms with Gasteiger partial charge >= 0.3 is 0 Å². The highest BCUT2D eigenvalue weighted by molar-refractivity contribution is 5.81. The minimum atomic E-state index is 0.180. The smallest absolute Gasteiger partial charge is 0.223 e. The van der Waals surface area contributed by atoms with E-state index in [0.717, 1.165) is 12.2 Å². The number of methoxy groups -OCH3 is 1. The predicted octanol–water partition coefficient (Wildman–Crippen LogP) is 2.07. The van der Waals surface area contributed by atoms with Crippen molar-refractivity contribution in [3.05, 3.63) is 29.8 Å². The average Bonchev–Trinajstić information content (AvgIpc) is 3.16. The van der Waals surface area contributed by atoms with Gasteiger partial charge in [0.1, 0.15) is 5.75 Å². The summed E-state index contributed by atoms with van der Waals surface area (Å²) in [4.78, 5) is 14.0. The van der Waals surface area contributed by atoms with Crippen LogP contribution in [0.25, 0.3) is 0 Å². The summed E-state index contributed by atoms with van der Waals surface area (Å²) in [6.07, 6.45) is 1.03. The van der Waals surface area contributed by atoms with Gasteiger partial charge in [-0.2, -0.15) is 0 Å². The predicted molar refractivity (Wildman–Crippen MR) is 79.7 cm³/mol. The SMILES string of the molecule is COc1ccc(C(CNC(=O)C2CC2C)N(C)C)cc1. The van der Waals surface area contributed by atoms with E-state index >= 15 is 0 Å². The van der Waals surface area contributed by atoms with E-state index in [-0.39, 0.29) is 17.9 Å². The Bertz CT molecular complexity index is 456. The third kappa shape index (κ3) is 3.51. The van der Waals surface area contributed by atoms with Crippen molar-refractivity contribution in [2.75, 3.05) is 27.7 Å². The molecule has 0 aliphatic heterocycles. The summed E-state index contributed by atoms with van der Waals surface area (Å²) in [7, 11) is 5.72. The molecule has 0 heterocycles. The quantitative estimate of drug-likeness (QED) is 0.865. The molecule has 1 saturated carbocycles. The first kappa shape index (κ1) is 14.9. The van der Waals surface area contributed by atoms with Gasteiger partial charge in [-0.05, 0) is 44.1 Å². The zero-order chi connectivity index (χ0) is 14.7. The largest absolute Gasteiger partial charge is 0.497 e. The van der Waals surface area contributed by atoms with Crippen molar-refractivity contribution in [3.63, 3.8) is 0 Å². The van der Waals surface area contributed by atoms with Crippen LogP contribution >= 0.6 is 0 Å². The van der Waals surface area contributed by atoms with Crippen LogP contribution in [0.1, 0.15) is 24.9 Å². The first-order valence-corrected chi connectivity index (χ1v) is 7.11. The summed E-state index contributed by atoms with van der Waals surface area (Å²) in [5.41, 5.74) is 1.18. The van der Waals surface area contributed by atoms with Gasteiger partial charge in [0.25, 0.3) is 0 Å². The summed E-state index contributed by atoms with van der Waals surface area (Å²) in [6.45, 7) is 2.76. The summed E-state index contributed by atoms with van der Waals surface area (Å²) < 4.78 is 5.18. The molecule has 3 unspecified atom stereocenters. The number of nitrogens with one attached hydrogen (secondary N) is 1. The van der Waals surface area contributed by atoms with Crippen molar-refractivity contribution in [2.24, 2.45) is 11.8 Å². The van der Waals surface area contributed by atoms with Gasteiger partial charge < -0.3 is 15.0 Å². The number of rotatable bonds is 6. The lowest BCUT2D eigenvalue weighted by atomic mass is 10.1. The van der Waals surface area contributed by atoms with Gasteiger partial charge in [0.15, 0.2) is 0 Å². The van der Waals surface area contributed by atoms with E-state index < -0.39 is 0 Å². The van der Waals surface area contributed by atoms with Crippen LogP contribution in [0.2, 0.25) is 0 Å². The normalized spacial score (nSPS) is 22.4. The number of benzene rings is 1. The Morgan fingerprint density at radius 3 is 2.45 bits per heavy atom. The zero-order valence-electron chi connectivity index (χ0n) is 12.7. The van der Waals surface area contributed by atoms with E-state index in [1.54, 1.807) is 7.11 Å². The molecule has 0 bridgehead atoms. The highest BCUT2D eigenvalue weighted by Gasteiger charge is 2.39. The standard InChI is InChI=1S/C16H24N2O2/c1-11-9-14(11)16(19)17-10-15(18(2)3)12-5-7-13(20-4)8-6-12/h5-8,11,14-15H,9-10H2,1-4H3,(H,17,19). The van der Waals surface area contributed by atoms with Crippen LogP contribution in [-0.2, 0) is 4.79 Å². The number of carbonyl (C=O) groups excluding carboxylic acids is 1. The van der Waals surface area contributed by atoms with E-state index in [1.165, 1.54) is 5.56 Å². The molecule has 1 aromatic carbocycles. The molecule has 4 nitrogen and oxygen atoms in total. The number of ether oxygens (including phenoxy) is 1. The van der Waals surface area contributed by atoms with Crippen molar-refractivity contribution < 1.29 is 9.53 Å². The number of hydrogen-bond donors (Lipinski definition) is 1. The van der Waals surface area contributed by atoms with E-state index in [1.807, 2.05) is 26.2 Å². The molecule has 3 atom stereocenters. The first-order valence-electron chi connectivity index (χ1n) is 7.11. The van der Waals surface area contributed by atoms with Crippen LogP contribution < -0.4 is 10.1 Å². The molecule has 110 valence electrons. The lowest BCUT2D eigenvalue weighted by Gasteiger charge is -2.25. The minimum absolute atomic E-state index is 0.180. The fourth-order valence-electron chi connectivity index (χ4n) is 2.44. The summed E-state index contributed by atoms with van der Waals surface area (Å²) in [5.74, 6) is 1.82. The Hall–Kier alpha value is -1.55. The fourth-order valence-corrected chi connectivity index (χ4v) is 2.44. The first-order chi connectivity index (χ1) is 9.52. The Kier molecular flexibility index (Phi) is 4.65. The van der Waals surface area contributed by atoms with Crippen LogP contribution in [0, 0.1) is 11.8 Å². The Morgan fingerprint density at radius 2 is 2.00 bits per heavy atom. The van der Waals surface area contributed by atoms with Gasteiger partial charge in [0.05, 0.1) is 13.2 Å². The summed E-state index contributed by atoms with van der Waals surface area (Å²) >= 11 is 0. The highest BCUT2D eigenvalue weighted by Crippen LogP contribution is 2.37. The zero-order valence-corrected chi connectivity index (χ0v) is 12.7. The maximum atomic E-state index is 11.9. The van der Waals surface area contributed by atoms with Gasteiger partial charge in [0.2, 0.25) is 5.91 Å². The van der Waals surface area contributed by atoms with Gasteiger partial charge in [-0.1, -0.05) is 19.1 Å². The summed E-state index contributed by atoms with van der Waals surface area (Å²) in [5, 5.41) is 3.07.